The minimum absolute atomic E-state index is 0.0132. The average molecular weight is 350 g/mol. The lowest BCUT2D eigenvalue weighted by molar-refractivity contribution is -0.135. The van der Waals surface area contributed by atoms with Gasteiger partial charge in [-0.3, -0.25) is 9.59 Å². The molecule has 1 saturated heterocycles. The highest BCUT2D eigenvalue weighted by molar-refractivity contribution is 7.12. The fourth-order valence-corrected chi connectivity index (χ4v) is 4.59. The van der Waals surface area contributed by atoms with Gasteiger partial charge in [0.1, 0.15) is 0 Å². The standard InChI is InChI=1S/C18H27N3O2S/c19-14-18(6-2-1-3-7-18)13-16(22)20-8-10-21(11-9-20)17(23)15-5-4-12-24-15/h4-5,12H,1-3,6-11,13-14,19H2. The number of hydrogen-bond acceptors (Lipinski definition) is 4. The number of carbonyl (C=O) groups excluding carboxylic acids is 2. The number of nitrogens with two attached hydrogens (primary N) is 1. The van der Waals surface area contributed by atoms with Crippen molar-refractivity contribution < 1.29 is 9.59 Å². The molecule has 2 heterocycles. The van der Waals surface area contributed by atoms with Crippen molar-refractivity contribution in [2.24, 2.45) is 11.1 Å². The Balaban J connectivity index is 1.52. The van der Waals surface area contributed by atoms with Crippen LogP contribution in [0.3, 0.4) is 0 Å². The lowest BCUT2D eigenvalue weighted by atomic mass is 9.71. The van der Waals surface area contributed by atoms with Crippen LogP contribution in [0.15, 0.2) is 17.5 Å². The van der Waals surface area contributed by atoms with Crippen LogP contribution in [0.4, 0.5) is 0 Å². The molecule has 6 heteroatoms. The number of carbonyl (C=O) groups is 2. The molecule has 1 saturated carbocycles. The second kappa shape index (κ2) is 7.66. The highest BCUT2D eigenvalue weighted by Crippen LogP contribution is 2.38. The normalized spacial score (nSPS) is 20.9. The predicted molar refractivity (Wildman–Crippen MR) is 96.0 cm³/mol. The van der Waals surface area contributed by atoms with E-state index in [0.717, 1.165) is 17.7 Å². The van der Waals surface area contributed by atoms with Gasteiger partial charge in [-0.25, -0.2) is 0 Å². The fraction of sp³-hybridized carbons (Fsp3) is 0.667. The van der Waals surface area contributed by atoms with E-state index in [-0.39, 0.29) is 17.2 Å². The van der Waals surface area contributed by atoms with Crippen LogP contribution in [0.5, 0.6) is 0 Å². The van der Waals surface area contributed by atoms with E-state index in [1.54, 1.807) is 0 Å². The van der Waals surface area contributed by atoms with Crippen LogP contribution in [-0.4, -0.2) is 54.3 Å². The molecule has 0 radical (unpaired) electrons. The van der Waals surface area contributed by atoms with Gasteiger partial charge in [0, 0.05) is 32.6 Å². The smallest absolute Gasteiger partial charge is 0.264 e. The minimum atomic E-state index is 0.0132. The molecule has 1 aromatic heterocycles. The van der Waals surface area contributed by atoms with Gasteiger partial charge in [-0.15, -0.1) is 11.3 Å². The number of hydrogen-bond donors (Lipinski definition) is 1. The van der Waals surface area contributed by atoms with E-state index in [0.29, 0.717) is 39.1 Å². The Morgan fingerprint density at radius 1 is 1.08 bits per heavy atom. The monoisotopic (exact) mass is 349 g/mol. The Labute approximate surface area is 147 Å². The molecule has 1 aliphatic heterocycles. The third kappa shape index (κ3) is 3.81. The lowest BCUT2D eigenvalue weighted by Gasteiger charge is -2.39. The van der Waals surface area contributed by atoms with Gasteiger partial charge >= 0.3 is 0 Å². The van der Waals surface area contributed by atoms with Crippen LogP contribution < -0.4 is 5.73 Å². The Kier molecular flexibility index (Phi) is 5.56. The Morgan fingerprint density at radius 3 is 2.33 bits per heavy atom. The van der Waals surface area contributed by atoms with Gasteiger partial charge in [-0.05, 0) is 36.2 Å². The number of thiophene rings is 1. The minimum Gasteiger partial charge on any atom is -0.339 e. The highest BCUT2D eigenvalue weighted by Gasteiger charge is 2.35. The van der Waals surface area contributed by atoms with Crippen LogP contribution in [0.2, 0.25) is 0 Å². The first-order valence-electron chi connectivity index (χ1n) is 8.94. The molecule has 0 aromatic carbocycles. The summed E-state index contributed by atoms with van der Waals surface area (Å²) >= 11 is 1.47. The summed E-state index contributed by atoms with van der Waals surface area (Å²) in [6, 6.07) is 3.76. The molecular weight excluding hydrogens is 322 g/mol. The van der Waals surface area contributed by atoms with Gasteiger partial charge < -0.3 is 15.5 Å². The van der Waals surface area contributed by atoms with Gasteiger partial charge in [0.15, 0.2) is 0 Å². The summed E-state index contributed by atoms with van der Waals surface area (Å²) in [5.41, 5.74) is 6.02. The Bertz CT molecular complexity index is 559. The van der Waals surface area contributed by atoms with E-state index in [2.05, 4.69) is 0 Å². The van der Waals surface area contributed by atoms with E-state index >= 15 is 0 Å². The van der Waals surface area contributed by atoms with Crippen LogP contribution in [0, 0.1) is 5.41 Å². The molecular formula is C18H27N3O2S. The third-order valence-electron chi connectivity index (χ3n) is 5.53. The maximum absolute atomic E-state index is 12.7. The van der Waals surface area contributed by atoms with Gasteiger partial charge in [-0.1, -0.05) is 25.3 Å². The van der Waals surface area contributed by atoms with Crippen LogP contribution in [0.25, 0.3) is 0 Å². The first-order valence-corrected chi connectivity index (χ1v) is 9.82. The zero-order chi connectivity index (χ0) is 17.0. The molecule has 5 nitrogen and oxygen atoms in total. The molecule has 0 spiro atoms. The lowest BCUT2D eigenvalue weighted by Crippen LogP contribution is -2.51. The van der Waals surface area contributed by atoms with Crippen molar-refractivity contribution in [2.75, 3.05) is 32.7 Å². The van der Waals surface area contributed by atoms with E-state index in [1.165, 1.54) is 30.6 Å². The number of rotatable bonds is 4. The van der Waals surface area contributed by atoms with E-state index in [4.69, 9.17) is 5.73 Å². The summed E-state index contributed by atoms with van der Waals surface area (Å²) in [6.07, 6.45) is 6.36. The summed E-state index contributed by atoms with van der Waals surface area (Å²) < 4.78 is 0. The van der Waals surface area contributed by atoms with Gasteiger partial charge in [0.2, 0.25) is 5.91 Å². The van der Waals surface area contributed by atoms with Crippen molar-refractivity contribution in [1.29, 1.82) is 0 Å². The molecule has 2 aliphatic rings. The molecule has 2 fully saturated rings. The Hall–Kier alpha value is -1.40. The van der Waals surface area contributed by atoms with Gasteiger partial charge in [-0.2, -0.15) is 0 Å². The summed E-state index contributed by atoms with van der Waals surface area (Å²) in [5.74, 6) is 0.299. The molecule has 1 aliphatic carbocycles. The molecule has 132 valence electrons. The molecule has 2 N–H and O–H groups in total. The summed E-state index contributed by atoms with van der Waals surface area (Å²) in [5, 5.41) is 1.92. The summed E-state index contributed by atoms with van der Waals surface area (Å²) in [6.45, 7) is 3.12. The second-order valence-electron chi connectivity index (χ2n) is 7.09. The van der Waals surface area contributed by atoms with Crippen molar-refractivity contribution in [3.8, 4) is 0 Å². The topological polar surface area (TPSA) is 66.6 Å². The maximum Gasteiger partial charge on any atom is 0.264 e. The van der Waals surface area contributed by atoms with Crippen molar-refractivity contribution >= 4 is 23.2 Å². The molecule has 0 unspecified atom stereocenters. The Morgan fingerprint density at radius 2 is 1.75 bits per heavy atom. The highest BCUT2D eigenvalue weighted by atomic mass is 32.1. The van der Waals surface area contributed by atoms with Crippen LogP contribution in [-0.2, 0) is 4.79 Å². The summed E-state index contributed by atoms with van der Waals surface area (Å²) in [4.78, 5) is 29.6. The van der Waals surface area contributed by atoms with Crippen LogP contribution >= 0.6 is 11.3 Å². The first-order chi connectivity index (χ1) is 11.6. The number of nitrogens with zero attached hydrogens (tertiary/aromatic N) is 2. The number of amides is 2. The number of piperazine rings is 1. The molecule has 24 heavy (non-hydrogen) atoms. The summed E-state index contributed by atoms with van der Waals surface area (Å²) in [7, 11) is 0. The molecule has 0 bridgehead atoms. The zero-order valence-electron chi connectivity index (χ0n) is 14.2. The molecule has 3 rings (SSSR count). The van der Waals surface area contributed by atoms with E-state index < -0.39 is 0 Å². The SMILES string of the molecule is NCC1(CC(=O)N2CCN(C(=O)c3cccs3)CC2)CCCCC1. The van der Waals surface area contributed by atoms with Crippen molar-refractivity contribution in [2.45, 2.75) is 38.5 Å². The average Bonchev–Trinajstić information content (AvgIpc) is 3.16. The van der Waals surface area contributed by atoms with Crippen molar-refractivity contribution in [3.63, 3.8) is 0 Å². The quantitative estimate of drug-likeness (QED) is 0.907. The van der Waals surface area contributed by atoms with E-state index in [9.17, 15) is 9.59 Å². The molecule has 0 atom stereocenters. The molecule has 2 amide bonds. The van der Waals surface area contributed by atoms with Gasteiger partial charge in [0.05, 0.1) is 4.88 Å². The second-order valence-corrected chi connectivity index (χ2v) is 8.04. The van der Waals surface area contributed by atoms with Crippen LogP contribution in [0.1, 0.15) is 48.2 Å². The van der Waals surface area contributed by atoms with Gasteiger partial charge in [0.25, 0.3) is 5.91 Å². The molecule has 1 aromatic rings. The largest absolute Gasteiger partial charge is 0.339 e. The van der Waals surface area contributed by atoms with Crippen molar-refractivity contribution in [1.82, 2.24) is 9.80 Å². The third-order valence-corrected chi connectivity index (χ3v) is 6.38. The van der Waals surface area contributed by atoms with E-state index in [1.807, 2.05) is 27.3 Å². The predicted octanol–water partition coefficient (Wildman–Crippen LogP) is 2.33. The first kappa shape index (κ1) is 17.4. The maximum atomic E-state index is 12.7. The zero-order valence-corrected chi connectivity index (χ0v) is 15.0. The fourth-order valence-electron chi connectivity index (χ4n) is 3.90. The van der Waals surface area contributed by atoms with Crippen molar-refractivity contribution in [3.05, 3.63) is 22.4 Å².